The molecule has 1 heterocycles. The summed E-state index contributed by atoms with van der Waals surface area (Å²) in [5.41, 5.74) is 3.22. The number of aromatic nitrogens is 2. The van der Waals surface area contributed by atoms with Gasteiger partial charge in [0, 0.05) is 28.1 Å². The molecule has 128 valence electrons. The average molecular weight is 390 g/mol. The first-order valence-electron chi connectivity index (χ1n) is 7.19. The molecule has 24 heavy (non-hydrogen) atoms. The average Bonchev–Trinajstić information content (AvgIpc) is 2.55. The molecular formula is C15H16Cl2FN4OS+. The molecule has 0 bridgehead atoms. The van der Waals surface area contributed by atoms with Crippen LogP contribution in [0.1, 0.15) is 12.5 Å². The lowest BCUT2D eigenvalue weighted by Gasteiger charge is -2.12. The molecule has 0 aliphatic carbocycles. The Morgan fingerprint density at radius 3 is 2.83 bits per heavy atom. The lowest BCUT2D eigenvalue weighted by molar-refractivity contribution is -0.701. The van der Waals surface area contributed by atoms with Crippen molar-refractivity contribution >= 4 is 40.5 Å². The first-order valence-corrected chi connectivity index (χ1v) is 8.35. The second-order valence-corrected chi connectivity index (χ2v) is 5.90. The van der Waals surface area contributed by atoms with Crippen molar-refractivity contribution in [2.24, 2.45) is 0 Å². The number of hydrogen-bond donors (Lipinski definition) is 2. The SMILES string of the molecule is CCOc1ccc(F)c(CCNC(=S)N[n+]2ccc(Cl)cn2)c1Cl. The van der Waals surface area contributed by atoms with Crippen molar-refractivity contribution in [3.8, 4) is 5.75 Å². The molecule has 0 fully saturated rings. The van der Waals surface area contributed by atoms with Crippen molar-refractivity contribution in [2.45, 2.75) is 13.3 Å². The molecule has 0 radical (unpaired) electrons. The normalized spacial score (nSPS) is 10.3. The topological polar surface area (TPSA) is 50.1 Å². The molecule has 0 unspecified atom stereocenters. The van der Waals surface area contributed by atoms with E-state index < -0.39 is 0 Å². The zero-order valence-corrected chi connectivity index (χ0v) is 15.2. The third-order valence-electron chi connectivity index (χ3n) is 3.01. The van der Waals surface area contributed by atoms with Gasteiger partial charge in [-0.1, -0.05) is 23.2 Å². The number of nitrogens with zero attached hydrogens (tertiary/aromatic N) is 2. The van der Waals surface area contributed by atoms with Gasteiger partial charge in [-0.2, -0.15) is 0 Å². The summed E-state index contributed by atoms with van der Waals surface area (Å²) in [6.45, 7) is 2.70. The van der Waals surface area contributed by atoms with Crippen molar-refractivity contribution in [1.82, 2.24) is 10.4 Å². The molecule has 9 heteroatoms. The number of halogens is 3. The Kier molecular flexibility index (Phi) is 6.96. The van der Waals surface area contributed by atoms with Crippen molar-refractivity contribution in [2.75, 3.05) is 18.6 Å². The van der Waals surface area contributed by atoms with E-state index in [1.54, 1.807) is 12.3 Å². The Bertz CT molecular complexity index is 715. The van der Waals surface area contributed by atoms with E-state index >= 15 is 0 Å². The minimum atomic E-state index is -0.377. The van der Waals surface area contributed by atoms with E-state index in [0.717, 1.165) is 0 Å². The molecule has 2 rings (SSSR count). The Morgan fingerprint density at radius 1 is 1.38 bits per heavy atom. The summed E-state index contributed by atoms with van der Waals surface area (Å²) in [5.74, 6) is 0.0926. The predicted molar refractivity (Wildman–Crippen MR) is 95.7 cm³/mol. The summed E-state index contributed by atoms with van der Waals surface area (Å²) in [6.07, 6.45) is 3.45. The minimum Gasteiger partial charge on any atom is -0.492 e. The van der Waals surface area contributed by atoms with Crippen LogP contribution in [0.15, 0.2) is 30.6 Å². The van der Waals surface area contributed by atoms with Gasteiger partial charge in [0.05, 0.1) is 16.7 Å². The first kappa shape index (κ1) is 18.6. The van der Waals surface area contributed by atoms with E-state index in [4.69, 9.17) is 40.2 Å². The van der Waals surface area contributed by atoms with E-state index in [2.05, 4.69) is 15.8 Å². The smallest absolute Gasteiger partial charge is 0.232 e. The lowest BCUT2D eigenvalue weighted by Crippen LogP contribution is -2.54. The molecule has 1 aromatic carbocycles. The van der Waals surface area contributed by atoms with Gasteiger partial charge in [-0.15, -0.1) is 5.43 Å². The lowest BCUT2D eigenvalue weighted by atomic mass is 10.1. The molecular weight excluding hydrogens is 374 g/mol. The molecule has 0 spiro atoms. The van der Waals surface area contributed by atoms with Crippen LogP contribution in [0, 0.1) is 5.82 Å². The van der Waals surface area contributed by atoms with Gasteiger partial charge in [-0.3, -0.25) is 0 Å². The number of benzene rings is 1. The summed E-state index contributed by atoms with van der Waals surface area (Å²) in [7, 11) is 0. The van der Waals surface area contributed by atoms with Crippen LogP contribution in [0.25, 0.3) is 0 Å². The second kappa shape index (κ2) is 8.96. The first-order chi connectivity index (χ1) is 11.5. The quantitative estimate of drug-likeness (QED) is 0.587. The van der Waals surface area contributed by atoms with Crippen molar-refractivity contribution < 1.29 is 13.9 Å². The summed E-state index contributed by atoms with van der Waals surface area (Å²) < 4.78 is 19.3. The van der Waals surface area contributed by atoms with E-state index in [1.165, 1.54) is 23.1 Å². The molecule has 0 aliphatic heterocycles. The van der Waals surface area contributed by atoms with Gasteiger partial charge in [0.2, 0.25) is 11.3 Å². The van der Waals surface area contributed by atoms with Gasteiger partial charge in [0.15, 0.2) is 0 Å². The Hall–Kier alpha value is -1.70. The van der Waals surface area contributed by atoms with E-state index in [1.807, 2.05) is 6.92 Å². The van der Waals surface area contributed by atoms with Crippen LogP contribution in [0.2, 0.25) is 10.0 Å². The minimum absolute atomic E-state index is 0.284. The third-order valence-corrected chi connectivity index (χ3v) is 3.88. The molecule has 5 nitrogen and oxygen atoms in total. The van der Waals surface area contributed by atoms with Crippen LogP contribution in [0.3, 0.4) is 0 Å². The van der Waals surface area contributed by atoms with E-state index in [9.17, 15) is 4.39 Å². The summed E-state index contributed by atoms with van der Waals surface area (Å²) >= 11 is 17.1. The highest BCUT2D eigenvalue weighted by molar-refractivity contribution is 7.80. The molecule has 1 aromatic heterocycles. The van der Waals surface area contributed by atoms with Crippen LogP contribution >= 0.6 is 35.4 Å². The van der Waals surface area contributed by atoms with E-state index in [-0.39, 0.29) is 10.8 Å². The summed E-state index contributed by atoms with van der Waals surface area (Å²) in [6, 6.07) is 4.53. The molecule has 2 N–H and O–H groups in total. The Labute approximate surface area is 154 Å². The molecule has 2 aromatic rings. The van der Waals surface area contributed by atoms with Gasteiger partial charge >= 0.3 is 0 Å². The Morgan fingerprint density at radius 2 is 2.17 bits per heavy atom. The highest BCUT2D eigenvalue weighted by Crippen LogP contribution is 2.30. The zero-order chi connectivity index (χ0) is 17.5. The van der Waals surface area contributed by atoms with Gasteiger partial charge < -0.3 is 10.1 Å². The predicted octanol–water partition coefficient (Wildman–Crippen LogP) is 2.87. The molecule has 0 atom stereocenters. The summed E-state index contributed by atoms with van der Waals surface area (Å²) in [5, 5.41) is 8.10. The van der Waals surface area contributed by atoms with E-state index in [0.29, 0.717) is 41.0 Å². The standard InChI is InChI=1S/C15H15Cl2FN4OS/c1-2-23-13-4-3-12(18)11(14(13)17)5-7-19-15(24)21-22-8-6-10(16)9-20-22/h3-4,6,8-9H,2,5,7H2,1H3,(H-,19,20,21,24)/p+1. The van der Waals surface area contributed by atoms with Crippen LogP contribution in [0.4, 0.5) is 4.39 Å². The second-order valence-electron chi connectivity index (χ2n) is 4.68. The van der Waals surface area contributed by atoms with Gasteiger partial charge in [-0.05, 0) is 37.7 Å². The largest absolute Gasteiger partial charge is 0.492 e. The maximum Gasteiger partial charge on any atom is 0.232 e. The maximum atomic E-state index is 13.9. The van der Waals surface area contributed by atoms with Crippen LogP contribution in [-0.2, 0) is 6.42 Å². The number of ether oxygens (including phenoxy) is 1. The van der Waals surface area contributed by atoms with Gasteiger partial charge in [0.25, 0.3) is 0 Å². The molecule has 0 saturated heterocycles. The van der Waals surface area contributed by atoms with Gasteiger partial charge in [-0.25, -0.2) is 4.39 Å². The number of nitrogens with one attached hydrogen (secondary N) is 2. The molecule has 0 amide bonds. The van der Waals surface area contributed by atoms with Crippen molar-refractivity contribution in [3.63, 3.8) is 0 Å². The summed E-state index contributed by atoms with van der Waals surface area (Å²) in [4.78, 5) is 1.41. The van der Waals surface area contributed by atoms with Crippen LogP contribution in [0.5, 0.6) is 5.75 Å². The van der Waals surface area contributed by atoms with Crippen molar-refractivity contribution in [1.29, 1.82) is 0 Å². The zero-order valence-electron chi connectivity index (χ0n) is 12.9. The monoisotopic (exact) mass is 389 g/mol. The highest BCUT2D eigenvalue weighted by Gasteiger charge is 2.13. The molecule has 0 saturated carbocycles. The Balaban J connectivity index is 1.90. The fourth-order valence-electron chi connectivity index (χ4n) is 1.92. The van der Waals surface area contributed by atoms with Crippen molar-refractivity contribution in [3.05, 3.63) is 52.0 Å². The van der Waals surface area contributed by atoms with Gasteiger partial charge in [0.1, 0.15) is 17.8 Å². The highest BCUT2D eigenvalue weighted by atomic mass is 35.5. The fourth-order valence-corrected chi connectivity index (χ4v) is 2.52. The van der Waals surface area contributed by atoms with Crippen LogP contribution in [-0.4, -0.2) is 23.4 Å². The number of hydrogen-bond acceptors (Lipinski definition) is 3. The molecule has 0 aliphatic rings. The fraction of sp³-hybridized carbons (Fsp3) is 0.267. The number of rotatable bonds is 6. The third kappa shape index (κ3) is 5.15. The maximum absolute atomic E-state index is 13.9. The number of thiocarbonyl (C=S) groups is 1. The van der Waals surface area contributed by atoms with Crippen LogP contribution < -0.4 is 20.3 Å².